The van der Waals surface area contributed by atoms with Crippen molar-refractivity contribution in [2.24, 2.45) is 0 Å². The molecule has 0 spiro atoms. The third kappa shape index (κ3) is 4.32. The fourth-order valence-corrected chi connectivity index (χ4v) is 3.77. The fraction of sp³-hybridized carbons (Fsp3) is 0.333. The van der Waals surface area contributed by atoms with Crippen LogP contribution in [0.15, 0.2) is 60.7 Å². The van der Waals surface area contributed by atoms with Crippen LogP contribution in [0.3, 0.4) is 0 Å². The Balaban J connectivity index is 1.46. The van der Waals surface area contributed by atoms with Crippen molar-refractivity contribution in [3.63, 3.8) is 0 Å². The van der Waals surface area contributed by atoms with Gasteiger partial charge in [0, 0.05) is 37.9 Å². The van der Waals surface area contributed by atoms with Gasteiger partial charge in [0.2, 0.25) is 0 Å². The topological polar surface area (TPSA) is 50.6 Å². The molecule has 6 nitrogen and oxygen atoms in total. The number of benzene rings is 2. The molecule has 6 heteroatoms. The first-order chi connectivity index (χ1) is 14.5. The van der Waals surface area contributed by atoms with Crippen molar-refractivity contribution in [1.82, 2.24) is 14.7 Å². The fourth-order valence-electron chi connectivity index (χ4n) is 3.77. The molecule has 1 fully saturated rings. The molecule has 1 aromatic heterocycles. The van der Waals surface area contributed by atoms with Crippen LogP contribution >= 0.6 is 0 Å². The highest BCUT2D eigenvalue weighted by Gasteiger charge is 2.25. The van der Waals surface area contributed by atoms with Crippen LogP contribution in [0.5, 0.6) is 5.75 Å². The van der Waals surface area contributed by atoms with Crippen LogP contribution in [-0.2, 0) is 0 Å². The van der Waals surface area contributed by atoms with Gasteiger partial charge in [-0.05, 0) is 51.1 Å². The minimum absolute atomic E-state index is 0.0241. The number of para-hydroxylation sites is 1. The number of piperazine rings is 1. The Hall–Kier alpha value is -3.28. The molecular formula is C24H28N4O2. The minimum atomic E-state index is 0.0241. The Morgan fingerprint density at radius 3 is 2.33 bits per heavy atom. The van der Waals surface area contributed by atoms with Crippen LogP contribution in [0.1, 0.15) is 30.0 Å². The van der Waals surface area contributed by atoms with E-state index in [0.717, 1.165) is 35.9 Å². The number of carbonyl (C=O) groups excluding carboxylic acids is 1. The zero-order chi connectivity index (χ0) is 21.1. The van der Waals surface area contributed by atoms with Crippen LogP contribution in [0.4, 0.5) is 5.69 Å². The second-order valence-corrected chi connectivity index (χ2v) is 7.86. The predicted octanol–water partition coefficient (Wildman–Crippen LogP) is 3.93. The van der Waals surface area contributed by atoms with Crippen LogP contribution in [0, 0.1) is 6.92 Å². The Bertz CT molecular complexity index is 1010. The van der Waals surface area contributed by atoms with E-state index in [4.69, 9.17) is 4.74 Å². The van der Waals surface area contributed by atoms with Gasteiger partial charge in [-0.1, -0.05) is 24.3 Å². The van der Waals surface area contributed by atoms with Gasteiger partial charge >= 0.3 is 0 Å². The van der Waals surface area contributed by atoms with Gasteiger partial charge < -0.3 is 14.5 Å². The molecule has 2 heterocycles. The Morgan fingerprint density at radius 1 is 0.933 bits per heavy atom. The maximum absolute atomic E-state index is 13.3. The largest absolute Gasteiger partial charge is 0.491 e. The van der Waals surface area contributed by atoms with Crippen molar-refractivity contribution in [1.29, 1.82) is 0 Å². The summed E-state index contributed by atoms with van der Waals surface area (Å²) in [5.74, 6) is 0.902. The van der Waals surface area contributed by atoms with E-state index >= 15 is 0 Å². The van der Waals surface area contributed by atoms with Gasteiger partial charge in [-0.15, -0.1) is 0 Å². The SMILES string of the molecule is Cc1cc(C(=O)N2CCN(c3cccc(OC(C)C)c3)CC2)n(-c2ccccc2)n1. The highest BCUT2D eigenvalue weighted by Crippen LogP contribution is 2.24. The van der Waals surface area contributed by atoms with E-state index in [1.165, 1.54) is 0 Å². The number of hydrogen-bond acceptors (Lipinski definition) is 4. The molecule has 1 aliphatic rings. The number of rotatable bonds is 5. The number of ether oxygens (including phenoxy) is 1. The molecule has 0 bridgehead atoms. The highest BCUT2D eigenvalue weighted by molar-refractivity contribution is 5.93. The number of aryl methyl sites for hydroxylation is 1. The molecule has 30 heavy (non-hydrogen) atoms. The van der Waals surface area contributed by atoms with E-state index in [-0.39, 0.29) is 12.0 Å². The van der Waals surface area contributed by atoms with Crippen molar-refractivity contribution in [2.75, 3.05) is 31.1 Å². The van der Waals surface area contributed by atoms with E-state index in [1.807, 2.05) is 74.2 Å². The number of hydrogen-bond donors (Lipinski definition) is 0. The summed E-state index contributed by atoms with van der Waals surface area (Å²) >= 11 is 0. The zero-order valence-electron chi connectivity index (χ0n) is 17.8. The van der Waals surface area contributed by atoms with Crippen LogP contribution in [0.2, 0.25) is 0 Å². The van der Waals surface area contributed by atoms with E-state index in [1.54, 1.807) is 4.68 Å². The second-order valence-electron chi connectivity index (χ2n) is 7.86. The van der Waals surface area contributed by atoms with Crippen LogP contribution in [-0.4, -0.2) is 52.9 Å². The Labute approximate surface area is 177 Å². The summed E-state index contributed by atoms with van der Waals surface area (Å²) in [6, 6.07) is 19.8. The van der Waals surface area contributed by atoms with E-state index in [9.17, 15) is 4.79 Å². The standard InChI is InChI=1S/C24H28N4O2/c1-18(2)30-22-11-7-10-21(17-22)26-12-14-27(15-13-26)24(29)23-16-19(3)25-28(23)20-8-5-4-6-9-20/h4-11,16-18H,12-15H2,1-3H3. The monoisotopic (exact) mass is 404 g/mol. The van der Waals surface area contributed by atoms with Crippen molar-refractivity contribution >= 4 is 11.6 Å². The van der Waals surface area contributed by atoms with E-state index in [0.29, 0.717) is 18.8 Å². The first kappa shape index (κ1) is 20.0. The lowest BCUT2D eigenvalue weighted by molar-refractivity contribution is 0.0737. The van der Waals surface area contributed by atoms with E-state index < -0.39 is 0 Å². The first-order valence-electron chi connectivity index (χ1n) is 10.4. The van der Waals surface area contributed by atoms with Crippen molar-refractivity contribution < 1.29 is 9.53 Å². The molecule has 0 atom stereocenters. The lowest BCUT2D eigenvalue weighted by Gasteiger charge is -2.36. The van der Waals surface area contributed by atoms with Gasteiger partial charge in [-0.2, -0.15) is 5.10 Å². The third-order valence-electron chi connectivity index (χ3n) is 5.17. The Kier molecular flexibility index (Phi) is 5.74. The van der Waals surface area contributed by atoms with Gasteiger partial charge in [0.15, 0.2) is 0 Å². The normalized spacial score (nSPS) is 14.3. The molecule has 156 valence electrons. The molecule has 0 aliphatic carbocycles. The van der Waals surface area contributed by atoms with Crippen molar-refractivity contribution in [2.45, 2.75) is 26.9 Å². The maximum Gasteiger partial charge on any atom is 0.272 e. The minimum Gasteiger partial charge on any atom is -0.491 e. The summed E-state index contributed by atoms with van der Waals surface area (Å²) in [4.78, 5) is 17.5. The van der Waals surface area contributed by atoms with Crippen LogP contribution in [0.25, 0.3) is 5.69 Å². The molecule has 0 unspecified atom stereocenters. The number of nitrogens with zero attached hydrogens (tertiary/aromatic N) is 4. The molecule has 0 N–H and O–H groups in total. The summed E-state index contributed by atoms with van der Waals surface area (Å²) in [6.45, 7) is 8.89. The molecule has 1 amide bonds. The molecule has 0 saturated carbocycles. The first-order valence-corrected chi connectivity index (χ1v) is 10.4. The van der Waals surface area contributed by atoms with Gasteiger partial charge in [-0.25, -0.2) is 4.68 Å². The number of amides is 1. The number of carbonyl (C=O) groups is 1. The summed E-state index contributed by atoms with van der Waals surface area (Å²) in [6.07, 6.45) is 0.146. The molecule has 1 aliphatic heterocycles. The zero-order valence-corrected chi connectivity index (χ0v) is 17.8. The predicted molar refractivity (Wildman–Crippen MR) is 119 cm³/mol. The molecule has 1 saturated heterocycles. The molecular weight excluding hydrogens is 376 g/mol. The molecule has 0 radical (unpaired) electrons. The van der Waals surface area contributed by atoms with Crippen molar-refractivity contribution in [3.8, 4) is 11.4 Å². The molecule has 3 aromatic rings. The summed E-state index contributed by atoms with van der Waals surface area (Å²) < 4.78 is 7.57. The quantitative estimate of drug-likeness (QED) is 0.647. The van der Waals surface area contributed by atoms with Crippen LogP contribution < -0.4 is 9.64 Å². The Morgan fingerprint density at radius 2 is 1.63 bits per heavy atom. The molecule has 4 rings (SSSR count). The summed E-state index contributed by atoms with van der Waals surface area (Å²) in [5, 5.41) is 4.54. The van der Waals surface area contributed by atoms with Gasteiger partial charge in [0.05, 0.1) is 17.5 Å². The van der Waals surface area contributed by atoms with Gasteiger partial charge in [0.1, 0.15) is 11.4 Å². The maximum atomic E-state index is 13.3. The number of anilines is 1. The number of aromatic nitrogens is 2. The van der Waals surface area contributed by atoms with Gasteiger partial charge in [0.25, 0.3) is 5.91 Å². The summed E-state index contributed by atoms with van der Waals surface area (Å²) in [5.41, 5.74) is 3.47. The lowest BCUT2D eigenvalue weighted by atomic mass is 10.2. The summed E-state index contributed by atoms with van der Waals surface area (Å²) in [7, 11) is 0. The third-order valence-corrected chi connectivity index (χ3v) is 5.17. The highest BCUT2D eigenvalue weighted by atomic mass is 16.5. The van der Waals surface area contributed by atoms with Gasteiger partial charge in [-0.3, -0.25) is 4.79 Å². The second kappa shape index (κ2) is 8.61. The lowest BCUT2D eigenvalue weighted by Crippen LogP contribution is -2.49. The van der Waals surface area contributed by atoms with Crippen molar-refractivity contribution in [3.05, 3.63) is 72.1 Å². The average Bonchev–Trinajstić information content (AvgIpc) is 3.15. The smallest absolute Gasteiger partial charge is 0.272 e. The van der Waals surface area contributed by atoms with E-state index in [2.05, 4.69) is 22.1 Å². The average molecular weight is 405 g/mol. The molecule has 2 aromatic carbocycles.